The first-order valence-corrected chi connectivity index (χ1v) is 7.12. The van der Waals surface area contributed by atoms with E-state index in [0.29, 0.717) is 11.4 Å². The number of benzene rings is 2. The van der Waals surface area contributed by atoms with Crippen molar-refractivity contribution in [3.05, 3.63) is 77.6 Å². The lowest BCUT2D eigenvalue weighted by molar-refractivity contribution is -0.112. The topological polar surface area (TPSA) is 62.1 Å². The van der Waals surface area contributed by atoms with Crippen LogP contribution in [-0.4, -0.2) is 13.0 Å². The number of allylic oxidation sites excluding steroid dienone is 2. The Bertz CT molecular complexity index is 818. The zero-order valence-electron chi connectivity index (χ0n) is 13.0. The Morgan fingerprint density at radius 2 is 1.92 bits per heavy atom. The van der Waals surface area contributed by atoms with Gasteiger partial charge < -0.3 is 10.1 Å². The second kappa shape index (κ2) is 8.30. The normalized spacial score (nSPS) is 11.1. The van der Waals surface area contributed by atoms with Gasteiger partial charge in [0.1, 0.15) is 23.2 Å². The van der Waals surface area contributed by atoms with Gasteiger partial charge in [-0.15, -0.1) is 0 Å². The van der Waals surface area contributed by atoms with Crippen molar-refractivity contribution in [2.45, 2.75) is 0 Å². The minimum absolute atomic E-state index is 0.0644. The van der Waals surface area contributed by atoms with Crippen LogP contribution in [0.15, 0.2) is 66.3 Å². The third-order valence-corrected chi connectivity index (χ3v) is 3.14. The van der Waals surface area contributed by atoms with Gasteiger partial charge in [-0.1, -0.05) is 30.4 Å². The van der Waals surface area contributed by atoms with E-state index in [1.54, 1.807) is 19.3 Å². The molecule has 0 saturated carbocycles. The van der Waals surface area contributed by atoms with Crippen LogP contribution < -0.4 is 10.1 Å². The highest BCUT2D eigenvalue weighted by molar-refractivity contribution is 6.06. The maximum atomic E-state index is 12.8. The maximum absolute atomic E-state index is 12.8. The molecule has 0 aliphatic rings. The third-order valence-electron chi connectivity index (χ3n) is 3.14. The highest BCUT2D eigenvalue weighted by Crippen LogP contribution is 2.18. The summed E-state index contributed by atoms with van der Waals surface area (Å²) in [5.74, 6) is -0.269. The highest BCUT2D eigenvalue weighted by atomic mass is 19.1. The first-order valence-electron chi connectivity index (χ1n) is 7.12. The van der Waals surface area contributed by atoms with Crippen LogP contribution in [-0.2, 0) is 4.79 Å². The Labute approximate surface area is 139 Å². The lowest BCUT2D eigenvalue weighted by Crippen LogP contribution is -2.13. The van der Waals surface area contributed by atoms with Crippen molar-refractivity contribution < 1.29 is 13.9 Å². The molecule has 120 valence electrons. The highest BCUT2D eigenvalue weighted by Gasteiger charge is 2.08. The van der Waals surface area contributed by atoms with E-state index in [9.17, 15) is 9.18 Å². The number of nitrogens with one attached hydrogen (secondary N) is 1. The molecule has 0 aliphatic heterocycles. The molecule has 0 aliphatic carbocycles. The lowest BCUT2D eigenvalue weighted by Gasteiger charge is -2.04. The fourth-order valence-corrected chi connectivity index (χ4v) is 1.95. The van der Waals surface area contributed by atoms with Crippen molar-refractivity contribution in [3.8, 4) is 11.8 Å². The van der Waals surface area contributed by atoms with Crippen LogP contribution in [0.2, 0.25) is 0 Å². The molecule has 0 fully saturated rings. The average Bonchev–Trinajstić information content (AvgIpc) is 2.61. The fourth-order valence-electron chi connectivity index (χ4n) is 1.95. The summed E-state index contributed by atoms with van der Waals surface area (Å²) in [6.07, 6.45) is 4.74. The van der Waals surface area contributed by atoms with Gasteiger partial charge in [0, 0.05) is 11.3 Å². The van der Waals surface area contributed by atoms with Crippen LogP contribution in [0, 0.1) is 17.1 Å². The Balaban J connectivity index is 2.11. The minimum atomic E-state index is -0.561. The van der Waals surface area contributed by atoms with Crippen LogP contribution in [0.3, 0.4) is 0 Å². The minimum Gasteiger partial charge on any atom is -0.496 e. The van der Waals surface area contributed by atoms with E-state index in [-0.39, 0.29) is 5.57 Å². The van der Waals surface area contributed by atoms with Crippen molar-refractivity contribution in [3.63, 3.8) is 0 Å². The van der Waals surface area contributed by atoms with Crippen molar-refractivity contribution in [2.24, 2.45) is 0 Å². The third kappa shape index (κ3) is 4.55. The molecule has 0 atom stereocenters. The number of carbonyl (C=O) groups is 1. The molecule has 0 spiro atoms. The number of ether oxygens (including phenoxy) is 1. The van der Waals surface area contributed by atoms with Crippen molar-refractivity contribution in [1.82, 2.24) is 0 Å². The summed E-state index contributed by atoms with van der Waals surface area (Å²) in [7, 11) is 1.57. The number of hydrogen-bond donors (Lipinski definition) is 1. The Hall–Kier alpha value is -3.39. The number of anilines is 1. The van der Waals surface area contributed by atoms with Gasteiger partial charge in [0.05, 0.1) is 7.11 Å². The summed E-state index contributed by atoms with van der Waals surface area (Å²) in [6.45, 7) is 0. The van der Waals surface area contributed by atoms with Crippen molar-refractivity contribution >= 4 is 17.7 Å². The molecule has 0 unspecified atom stereocenters. The molecule has 1 amide bonds. The molecule has 0 bridgehead atoms. The monoisotopic (exact) mass is 322 g/mol. The van der Waals surface area contributed by atoms with E-state index in [4.69, 9.17) is 10.00 Å². The number of methoxy groups -OCH3 is 1. The summed E-state index contributed by atoms with van der Waals surface area (Å²) >= 11 is 0. The Morgan fingerprint density at radius 1 is 1.21 bits per heavy atom. The molecular weight excluding hydrogens is 307 g/mol. The van der Waals surface area contributed by atoms with Gasteiger partial charge in [-0.05, 0) is 36.4 Å². The molecule has 1 N–H and O–H groups in total. The number of halogens is 1. The molecule has 0 radical (unpaired) electrons. The number of nitriles is 1. The number of rotatable bonds is 5. The van der Waals surface area contributed by atoms with E-state index >= 15 is 0 Å². The second-order valence-electron chi connectivity index (χ2n) is 4.75. The molecule has 2 rings (SSSR count). The van der Waals surface area contributed by atoms with Gasteiger partial charge in [-0.3, -0.25) is 4.79 Å². The van der Waals surface area contributed by atoms with Crippen LogP contribution in [0.25, 0.3) is 6.08 Å². The molecule has 24 heavy (non-hydrogen) atoms. The molecule has 0 aromatic heterocycles. The van der Waals surface area contributed by atoms with Crippen LogP contribution in [0.4, 0.5) is 10.1 Å². The largest absolute Gasteiger partial charge is 0.496 e. The summed E-state index contributed by atoms with van der Waals surface area (Å²) in [5.41, 5.74) is 1.18. The number of amides is 1. The molecule has 0 heterocycles. The predicted molar refractivity (Wildman–Crippen MR) is 90.8 cm³/mol. The Morgan fingerprint density at radius 3 is 2.58 bits per heavy atom. The van der Waals surface area contributed by atoms with Gasteiger partial charge in [-0.25, -0.2) is 4.39 Å². The quantitative estimate of drug-likeness (QED) is 0.515. The number of nitrogens with zero attached hydrogens (tertiary/aromatic N) is 1. The van der Waals surface area contributed by atoms with E-state index in [1.807, 2.05) is 30.3 Å². The van der Waals surface area contributed by atoms with E-state index < -0.39 is 11.7 Å². The molecule has 2 aromatic carbocycles. The summed E-state index contributed by atoms with van der Waals surface area (Å²) in [4.78, 5) is 12.0. The zero-order chi connectivity index (χ0) is 17.4. The smallest absolute Gasteiger partial charge is 0.266 e. The standard InChI is InChI=1S/C19H15FN2O2/c1-24-18-8-3-2-5-14(18)6-4-7-15(13-21)19(23)22-17-11-9-16(20)10-12-17/h2-12H,1H3,(H,22,23)/b6-4+,15-7+. The molecular formula is C19H15FN2O2. The SMILES string of the molecule is COc1ccccc1/C=C/C=C(\C#N)C(=O)Nc1ccc(F)cc1. The van der Waals surface area contributed by atoms with E-state index in [1.165, 1.54) is 30.3 Å². The fraction of sp³-hybridized carbons (Fsp3) is 0.0526. The summed E-state index contributed by atoms with van der Waals surface area (Å²) in [5, 5.41) is 11.7. The molecule has 4 nitrogen and oxygen atoms in total. The van der Waals surface area contributed by atoms with E-state index in [0.717, 1.165) is 5.56 Å². The number of para-hydroxylation sites is 1. The summed E-state index contributed by atoms with van der Waals surface area (Å²) < 4.78 is 18.1. The van der Waals surface area contributed by atoms with Crippen LogP contribution in [0.1, 0.15) is 5.56 Å². The van der Waals surface area contributed by atoms with Gasteiger partial charge >= 0.3 is 0 Å². The zero-order valence-corrected chi connectivity index (χ0v) is 13.0. The average molecular weight is 322 g/mol. The molecule has 0 saturated heterocycles. The maximum Gasteiger partial charge on any atom is 0.266 e. The summed E-state index contributed by atoms with van der Waals surface area (Å²) in [6, 6.07) is 14.5. The molecule has 5 heteroatoms. The number of carbonyl (C=O) groups excluding carboxylic acids is 1. The number of hydrogen-bond acceptors (Lipinski definition) is 3. The van der Waals surface area contributed by atoms with Gasteiger partial charge in [0.15, 0.2) is 0 Å². The van der Waals surface area contributed by atoms with Gasteiger partial charge in [-0.2, -0.15) is 5.26 Å². The van der Waals surface area contributed by atoms with E-state index in [2.05, 4.69) is 5.32 Å². The second-order valence-corrected chi connectivity index (χ2v) is 4.75. The predicted octanol–water partition coefficient (Wildman–Crippen LogP) is 3.94. The van der Waals surface area contributed by atoms with Crippen molar-refractivity contribution in [2.75, 3.05) is 12.4 Å². The van der Waals surface area contributed by atoms with Crippen LogP contribution >= 0.6 is 0 Å². The van der Waals surface area contributed by atoms with Crippen LogP contribution in [0.5, 0.6) is 5.75 Å². The molecule has 2 aromatic rings. The lowest BCUT2D eigenvalue weighted by atomic mass is 10.1. The first kappa shape index (κ1) is 17.0. The first-order chi connectivity index (χ1) is 11.6. The van der Waals surface area contributed by atoms with Gasteiger partial charge in [0.2, 0.25) is 0 Å². The van der Waals surface area contributed by atoms with Gasteiger partial charge in [0.25, 0.3) is 5.91 Å². The van der Waals surface area contributed by atoms with Crippen molar-refractivity contribution in [1.29, 1.82) is 5.26 Å². The Kier molecular flexibility index (Phi) is 5.87.